The monoisotopic (exact) mass is 299 g/mol. The molecule has 0 spiro atoms. The lowest BCUT2D eigenvalue weighted by molar-refractivity contribution is 0.284. The molecule has 1 saturated heterocycles. The van der Waals surface area contributed by atoms with Crippen molar-refractivity contribution in [3.63, 3.8) is 0 Å². The zero-order chi connectivity index (χ0) is 14.0. The van der Waals surface area contributed by atoms with E-state index >= 15 is 0 Å². The first-order valence-electron chi connectivity index (χ1n) is 5.89. The standard InChI is InChI=1S/C12H14ClN3O2S/c1-9-8-15-4-5-16(9)19(17,18)11-3-2-10(7-14)12(13)6-11/h2-3,6,9,15H,4-5,8H2,1H3/t9-/m0/s1. The first kappa shape index (κ1) is 14.3. The number of hydrogen-bond acceptors (Lipinski definition) is 4. The van der Waals surface area contributed by atoms with Crippen LogP contribution in [0.25, 0.3) is 0 Å². The third kappa shape index (κ3) is 2.74. The van der Waals surface area contributed by atoms with E-state index < -0.39 is 10.0 Å². The van der Waals surface area contributed by atoms with Crippen LogP contribution in [0.5, 0.6) is 0 Å². The fraction of sp³-hybridized carbons (Fsp3) is 0.417. The Morgan fingerprint density at radius 2 is 2.26 bits per heavy atom. The van der Waals surface area contributed by atoms with Crippen molar-refractivity contribution in [2.45, 2.75) is 17.9 Å². The van der Waals surface area contributed by atoms with Gasteiger partial charge >= 0.3 is 0 Å². The van der Waals surface area contributed by atoms with Crippen LogP contribution in [-0.4, -0.2) is 38.4 Å². The Hall–Kier alpha value is -1.13. The molecule has 0 radical (unpaired) electrons. The van der Waals surface area contributed by atoms with E-state index in [-0.39, 0.29) is 21.5 Å². The molecular weight excluding hydrogens is 286 g/mol. The molecule has 0 aliphatic carbocycles. The number of hydrogen-bond donors (Lipinski definition) is 1. The van der Waals surface area contributed by atoms with Gasteiger partial charge in [-0.05, 0) is 25.1 Å². The van der Waals surface area contributed by atoms with Crippen molar-refractivity contribution in [3.05, 3.63) is 28.8 Å². The number of sulfonamides is 1. The van der Waals surface area contributed by atoms with Crippen molar-refractivity contribution in [1.82, 2.24) is 9.62 Å². The van der Waals surface area contributed by atoms with Gasteiger partial charge in [0.2, 0.25) is 10.0 Å². The minimum absolute atomic E-state index is 0.104. The molecule has 1 heterocycles. The largest absolute Gasteiger partial charge is 0.314 e. The van der Waals surface area contributed by atoms with Crippen LogP contribution in [0.1, 0.15) is 12.5 Å². The average Bonchev–Trinajstić information content (AvgIpc) is 2.39. The first-order chi connectivity index (χ1) is 8.96. The fourth-order valence-electron chi connectivity index (χ4n) is 2.06. The van der Waals surface area contributed by atoms with Gasteiger partial charge in [-0.3, -0.25) is 0 Å². The van der Waals surface area contributed by atoms with Gasteiger partial charge in [0.25, 0.3) is 0 Å². The molecule has 0 unspecified atom stereocenters. The average molecular weight is 300 g/mol. The van der Waals surface area contributed by atoms with Gasteiger partial charge in [-0.1, -0.05) is 11.6 Å². The predicted octanol–water partition coefficient (Wildman–Crippen LogP) is 1.19. The van der Waals surface area contributed by atoms with Gasteiger partial charge in [-0.2, -0.15) is 9.57 Å². The van der Waals surface area contributed by atoms with Crippen LogP contribution >= 0.6 is 11.6 Å². The summed E-state index contributed by atoms with van der Waals surface area (Å²) >= 11 is 5.89. The van der Waals surface area contributed by atoms with E-state index in [2.05, 4.69) is 5.32 Å². The summed E-state index contributed by atoms with van der Waals surface area (Å²) in [6.07, 6.45) is 0. The SMILES string of the molecule is C[C@H]1CNCCN1S(=O)(=O)c1ccc(C#N)c(Cl)c1. The first-order valence-corrected chi connectivity index (χ1v) is 7.71. The maximum Gasteiger partial charge on any atom is 0.243 e. The second-order valence-corrected chi connectivity index (χ2v) is 6.72. The highest BCUT2D eigenvalue weighted by molar-refractivity contribution is 7.89. The third-order valence-electron chi connectivity index (χ3n) is 3.11. The van der Waals surface area contributed by atoms with E-state index in [0.29, 0.717) is 19.6 Å². The Bertz CT molecular complexity index is 624. The van der Waals surface area contributed by atoms with E-state index in [1.54, 1.807) is 0 Å². The highest BCUT2D eigenvalue weighted by atomic mass is 35.5. The Morgan fingerprint density at radius 1 is 1.53 bits per heavy atom. The molecule has 7 heteroatoms. The maximum absolute atomic E-state index is 12.5. The molecule has 1 aromatic rings. The zero-order valence-corrected chi connectivity index (χ0v) is 12.0. The number of piperazine rings is 1. The lowest BCUT2D eigenvalue weighted by Gasteiger charge is -2.32. The van der Waals surface area contributed by atoms with Crippen LogP contribution in [0.3, 0.4) is 0 Å². The van der Waals surface area contributed by atoms with Crippen molar-refractivity contribution < 1.29 is 8.42 Å². The van der Waals surface area contributed by atoms with Gasteiger partial charge in [0, 0.05) is 25.7 Å². The lowest BCUT2D eigenvalue weighted by atomic mass is 10.2. The summed E-state index contributed by atoms with van der Waals surface area (Å²) in [5.41, 5.74) is 0.272. The molecule has 0 amide bonds. The molecule has 2 rings (SSSR count). The van der Waals surface area contributed by atoms with Gasteiger partial charge in [-0.25, -0.2) is 8.42 Å². The summed E-state index contributed by atoms with van der Waals surface area (Å²) < 4.78 is 26.5. The fourth-order valence-corrected chi connectivity index (χ4v) is 4.01. The van der Waals surface area contributed by atoms with Crippen molar-refractivity contribution >= 4 is 21.6 Å². The van der Waals surface area contributed by atoms with Gasteiger partial charge in [0.15, 0.2) is 0 Å². The molecule has 1 atom stereocenters. The Morgan fingerprint density at radius 3 is 2.84 bits per heavy atom. The lowest BCUT2D eigenvalue weighted by Crippen LogP contribution is -2.52. The van der Waals surface area contributed by atoms with E-state index in [1.807, 2.05) is 13.0 Å². The number of nitriles is 1. The van der Waals surface area contributed by atoms with Crippen LogP contribution in [-0.2, 0) is 10.0 Å². The molecule has 1 aliphatic heterocycles. The third-order valence-corrected chi connectivity index (χ3v) is 5.43. The summed E-state index contributed by atoms with van der Waals surface area (Å²) in [6.45, 7) is 3.55. The molecular formula is C12H14ClN3O2S. The Kier molecular flexibility index (Phi) is 4.11. The molecule has 1 fully saturated rings. The molecule has 1 N–H and O–H groups in total. The molecule has 0 saturated carbocycles. The van der Waals surface area contributed by atoms with Crippen LogP contribution in [0.15, 0.2) is 23.1 Å². The quantitative estimate of drug-likeness (QED) is 0.890. The second kappa shape index (κ2) is 5.47. The summed E-state index contributed by atoms with van der Waals surface area (Å²) in [7, 11) is -3.56. The summed E-state index contributed by atoms with van der Waals surface area (Å²) in [6, 6.07) is 6.00. The number of rotatable bonds is 2. The molecule has 1 aliphatic rings. The molecule has 0 aromatic heterocycles. The number of nitrogens with one attached hydrogen (secondary N) is 1. The second-order valence-electron chi connectivity index (χ2n) is 4.42. The molecule has 1 aromatic carbocycles. The Labute approximate surface area is 117 Å². The van der Waals surface area contributed by atoms with Crippen molar-refractivity contribution in [1.29, 1.82) is 5.26 Å². The highest BCUT2D eigenvalue weighted by Crippen LogP contribution is 2.24. The summed E-state index contributed by atoms with van der Waals surface area (Å²) in [4.78, 5) is 0.130. The minimum atomic E-state index is -3.56. The van der Waals surface area contributed by atoms with E-state index in [0.717, 1.165) is 0 Å². The summed E-state index contributed by atoms with van der Waals surface area (Å²) in [5, 5.41) is 12.1. The van der Waals surface area contributed by atoms with Crippen LogP contribution in [0.4, 0.5) is 0 Å². The smallest absolute Gasteiger partial charge is 0.243 e. The normalized spacial score (nSPS) is 21.0. The molecule has 102 valence electrons. The highest BCUT2D eigenvalue weighted by Gasteiger charge is 2.31. The molecule has 5 nitrogen and oxygen atoms in total. The number of benzene rings is 1. The zero-order valence-electron chi connectivity index (χ0n) is 10.4. The van der Waals surface area contributed by atoms with E-state index in [1.165, 1.54) is 22.5 Å². The van der Waals surface area contributed by atoms with Gasteiger partial charge < -0.3 is 5.32 Å². The minimum Gasteiger partial charge on any atom is -0.314 e. The molecule has 0 bridgehead atoms. The van der Waals surface area contributed by atoms with Gasteiger partial charge in [0.1, 0.15) is 6.07 Å². The molecule has 19 heavy (non-hydrogen) atoms. The van der Waals surface area contributed by atoms with Crippen molar-refractivity contribution in [2.75, 3.05) is 19.6 Å². The maximum atomic E-state index is 12.5. The van der Waals surface area contributed by atoms with Gasteiger partial charge in [-0.15, -0.1) is 0 Å². The van der Waals surface area contributed by atoms with Crippen LogP contribution < -0.4 is 5.32 Å². The number of nitrogens with zero attached hydrogens (tertiary/aromatic N) is 2. The van der Waals surface area contributed by atoms with E-state index in [4.69, 9.17) is 16.9 Å². The summed E-state index contributed by atoms with van der Waals surface area (Å²) in [5.74, 6) is 0. The predicted molar refractivity (Wildman–Crippen MR) is 72.4 cm³/mol. The van der Waals surface area contributed by atoms with Crippen LogP contribution in [0.2, 0.25) is 5.02 Å². The van der Waals surface area contributed by atoms with Crippen molar-refractivity contribution in [3.8, 4) is 6.07 Å². The Balaban J connectivity index is 2.39. The van der Waals surface area contributed by atoms with Crippen molar-refractivity contribution in [2.24, 2.45) is 0 Å². The topological polar surface area (TPSA) is 73.2 Å². The van der Waals surface area contributed by atoms with Crippen LogP contribution in [0, 0.1) is 11.3 Å². The van der Waals surface area contributed by atoms with E-state index in [9.17, 15) is 8.42 Å². The number of halogens is 1. The van der Waals surface area contributed by atoms with Gasteiger partial charge in [0.05, 0.1) is 15.5 Å².